The van der Waals surface area contributed by atoms with Crippen LogP contribution in [0.25, 0.3) is 0 Å². The van der Waals surface area contributed by atoms with Gasteiger partial charge < -0.3 is 15.5 Å². The molecule has 0 atom stereocenters. The van der Waals surface area contributed by atoms with Crippen LogP contribution in [0.15, 0.2) is 54.6 Å². The summed E-state index contributed by atoms with van der Waals surface area (Å²) in [6, 6.07) is 16.8. The van der Waals surface area contributed by atoms with Crippen LogP contribution < -0.4 is 10.6 Å². The molecule has 2 amide bonds. The van der Waals surface area contributed by atoms with E-state index in [1.165, 1.54) is 4.90 Å². The highest BCUT2D eigenvalue weighted by molar-refractivity contribution is 5.97. The Morgan fingerprint density at radius 1 is 1.00 bits per heavy atom. The van der Waals surface area contributed by atoms with E-state index in [0.29, 0.717) is 17.8 Å². The zero-order chi connectivity index (χ0) is 16.7. The van der Waals surface area contributed by atoms with Crippen LogP contribution in [0, 0.1) is 0 Å². The smallest absolute Gasteiger partial charge is 0.253 e. The molecule has 0 heterocycles. The first-order valence-corrected chi connectivity index (χ1v) is 7.42. The Kier molecular flexibility index (Phi) is 5.88. The summed E-state index contributed by atoms with van der Waals surface area (Å²) in [4.78, 5) is 25.4. The van der Waals surface area contributed by atoms with Crippen LogP contribution in [0.4, 0.5) is 5.69 Å². The molecule has 0 aliphatic heterocycles. The summed E-state index contributed by atoms with van der Waals surface area (Å²) < 4.78 is 0. The fraction of sp³-hybridized carbons (Fsp3) is 0.222. The molecule has 2 N–H and O–H groups in total. The molecular formula is C18H21N3O2. The van der Waals surface area contributed by atoms with E-state index < -0.39 is 0 Å². The van der Waals surface area contributed by atoms with Gasteiger partial charge in [-0.05, 0) is 23.8 Å². The van der Waals surface area contributed by atoms with Gasteiger partial charge in [-0.2, -0.15) is 0 Å². The van der Waals surface area contributed by atoms with Gasteiger partial charge in [0.1, 0.15) is 0 Å². The summed E-state index contributed by atoms with van der Waals surface area (Å²) in [5.41, 5.74) is 2.29. The fourth-order valence-electron chi connectivity index (χ4n) is 2.11. The molecule has 0 unspecified atom stereocenters. The lowest BCUT2D eigenvalue weighted by atomic mass is 10.2. The van der Waals surface area contributed by atoms with Crippen molar-refractivity contribution in [1.82, 2.24) is 10.2 Å². The maximum Gasteiger partial charge on any atom is 0.253 e. The maximum absolute atomic E-state index is 11.9. The molecule has 2 aromatic carbocycles. The second kappa shape index (κ2) is 8.10. The highest BCUT2D eigenvalue weighted by Gasteiger charge is 2.09. The fourth-order valence-corrected chi connectivity index (χ4v) is 2.11. The van der Waals surface area contributed by atoms with E-state index in [1.807, 2.05) is 30.3 Å². The van der Waals surface area contributed by atoms with Crippen LogP contribution in [0.3, 0.4) is 0 Å². The first-order chi connectivity index (χ1) is 11.1. The molecule has 0 aliphatic rings. The van der Waals surface area contributed by atoms with Crippen molar-refractivity contribution in [2.45, 2.75) is 6.54 Å². The van der Waals surface area contributed by atoms with Crippen molar-refractivity contribution < 1.29 is 9.59 Å². The van der Waals surface area contributed by atoms with Gasteiger partial charge in [-0.15, -0.1) is 0 Å². The van der Waals surface area contributed by atoms with Crippen molar-refractivity contribution in [3.8, 4) is 0 Å². The van der Waals surface area contributed by atoms with Gasteiger partial charge >= 0.3 is 0 Å². The normalized spacial score (nSPS) is 10.2. The molecule has 0 fully saturated rings. The zero-order valence-corrected chi connectivity index (χ0v) is 13.4. The van der Waals surface area contributed by atoms with Crippen LogP contribution in [-0.2, 0) is 11.3 Å². The average molecular weight is 311 g/mol. The van der Waals surface area contributed by atoms with Crippen molar-refractivity contribution >= 4 is 17.5 Å². The summed E-state index contributed by atoms with van der Waals surface area (Å²) in [5.74, 6) is -0.237. The van der Waals surface area contributed by atoms with Crippen molar-refractivity contribution in [3.63, 3.8) is 0 Å². The molecule has 5 heteroatoms. The van der Waals surface area contributed by atoms with Crippen molar-refractivity contribution in [1.29, 1.82) is 0 Å². The van der Waals surface area contributed by atoms with E-state index in [2.05, 4.69) is 10.6 Å². The molecule has 5 nitrogen and oxygen atoms in total. The van der Waals surface area contributed by atoms with Gasteiger partial charge in [-0.3, -0.25) is 9.59 Å². The largest absolute Gasteiger partial charge is 0.345 e. The minimum Gasteiger partial charge on any atom is -0.345 e. The molecular weight excluding hydrogens is 290 g/mol. The molecule has 120 valence electrons. The van der Waals surface area contributed by atoms with Crippen molar-refractivity contribution in [2.24, 2.45) is 0 Å². The third-order valence-corrected chi connectivity index (χ3v) is 3.26. The molecule has 2 aromatic rings. The Morgan fingerprint density at radius 2 is 1.74 bits per heavy atom. The molecule has 0 aliphatic carbocycles. The SMILES string of the molecule is CN(C)C(=O)c1cccc(NC(=O)CNCc2ccccc2)c1. The molecule has 0 radical (unpaired) electrons. The minimum atomic E-state index is -0.143. The summed E-state index contributed by atoms with van der Waals surface area (Å²) >= 11 is 0. The van der Waals surface area contributed by atoms with E-state index in [0.717, 1.165) is 5.56 Å². The predicted octanol–water partition coefficient (Wildman–Crippen LogP) is 2.12. The lowest BCUT2D eigenvalue weighted by Crippen LogP contribution is -2.28. The molecule has 0 aromatic heterocycles. The number of benzene rings is 2. The van der Waals surface area contributed by atoms with Crippen LogP contribution >= 0.6 is 0 Å². The number of hydrogen-bond acceptors (Lipinski definition) is 3. The molecule has 0 saturated carbocycles. The van der Waals surface area contributed by atoms with Crippen molar-refractivity contribution in [2.75, 3.05) is 26.0 Å². The lowest BCUT2D eigenvalue weighted by Gasteiger charge is -2.12. The number of nitrogens with one attached hydrogen (secondary N) is 2. The van der Waals surface area contributed by atoms with E-state index >= 15 is 0 Å². The van der Waals surface area contributed by atoms with Crippen molar-refractivity contribution in [3.05, 3.63) is 65.7 Å². The molecule has 0 bridgehead atoms. The second-order valence-electron chi connectivity index (χ2n) is 5.42. The van der Waals surface area contributed by atoms with E-state index in [9.17, 15) is 9.59 Å². The quantitative estimate of drug-likeness (QED) is 0.859. The number of carbonyl (C=O) groups is 2. The minimum absolute atomic E-state index is 0.0942. The second-order valence-corrected chi connectivity index (χ2v) is 5.42. The van der Waals surface area contributed by atoms with Gasteiger partial charge in [-0.1, -0.05) is 36.4 Å². The monoisotopic (exact) mass is 311 g/mol. The van der Waals surface area contributed by atoms with Gasteiger partial charge in [0.05, 0.1) is 6.54 Å². The van der Waals surface area contributed by atoms with Gasteiger partial charge in [0, 0.05) is 31.9 Å². The van der Waals surface area contributed by atoms with Gasteiger partial charge in [0.15, 0.2) is 0 Å². The van der Waals surface area contributed by atoms with E-state index in [4.69, 9.17) is 0 Å². The Labute approximate surface area is 136 Å². The number of rotatable bonds is 6. The van der Waals surface area contributed by atoms with Crippen LogP contribution in [0.1, 0.15) is 15.9 Å². The molecule has 2 rings (SSSR count). The summed E-state index contributed by atoms with van der Waals surface area (Å²) in [6.07, 6.45) is 0. The molecule has 23 heavy (non-hydrogen) atoms. The third-order valence-electron chi connectivity index (χ3n) is 3.26. The number of hydrogen-bond donors (Lipinski definition) is 2. The van der Waals surface area contributed by atoms with Crippen LogP contribution in [0.2, 0.25) is 0 Å². The zero-order valence-electron chi connectivity index (χ0n) is 13.4. The highest BCUT2D eigenvalue weighted by Crippen LogP contribution is 2.11. The molecule has 0 spiro atoms. The van der Waals surface area contributed by atoms with Gasteiger partial charge in [0.2, 0.25) is 5.91 Å². The number of amides is 2. The topological polar surface area (TPSA) is 61.4 Å². The number of anilines is 1. The lowest BCUT2D eigenvalue weighted by molar-refractivity contribution is -0.115. The Bertz CT molecular complexity index is 669. The summed E-state index contributed by atoms with van der Waals surface area (Å²) in [7, 11) is 3.39. The van der Waals surface area contributed by atoms with E-state index in [1.54, 1.807) is 38.4 Å². The van der Waals surface area contributed by atoms with Gasteiger partial charge in [-0.25, -0.2) is 0 Å². The number of carbonyl (C=O) groups excluding carboxylic acids is 2. The standard InChI is InChI=1S/C18H21N3O2/c1-21(2)18(23)15-9-6-10-16(11-15)20-17(22)13-19-12-14-7-4-3-5-8-14/h3-11,19H,12-13H2,1-2H3,(H,20,22). The third kappa shape index (κ3) is 5.23. The predicted molar refractivity (Wildman–Crippen MR) is 91.2 cm³/mol. The number of nitrogens with zero attached hydrogens (tertiary/aromatic N) is 1. The van der Waals surface area contributed by atoms with E-state index in [-0.39, 0.29) is 18.4 Å². The Hall–Kier alpha value is -2.66. The molecule has 0 saturated heterocycles. The first kappa shape index (κ1) is 16.7. The summed E-state index contributed by atoms with van der Waals surface area (Å²) in [6.45, 7) is 0.841. The first-order valence-electron chi connectivity index (χ1n) is 7.42. The highest BCUT2D eigenvalue weighted by atomic mass is 16.2. The van der Waals surface area contributed by atoms with Crippen LogP contribution in [-0.4, -0.2) is 37.4 Å². The van der Waals surface area contributed by atoms with Gasteiger partial charge in [0.25, 0.3) is 5.91 Å². The summed E-state index contributed by atoms with van der Waals surface area (Å²) in [5, 5.41) is 5.88. The Morgan fingerprint density at radius 3 is 2.43 bits per heavy atom. The average Bonchev–Trinajstić information content (AvgIpc) is 2.55. The Balaban J connectivity index is 1.85. The maximum atomic E-state index is 11.9. The van der Waals surface area contributed by atoms with Crippen LogP contribution in [0.5, 0.6) is 0 Å².